The molecule has 0 unspecified atom stereocenters. The maximum atomic E-state index is 12.5. The van der Waals surface area contributed by atoms with Crippen LogP contribution in [-0.2, 0) is 84.4 Å². The van der Waals surface area contributed by atoms with Gasteiger partial charge in [-0.1, -0.05) is 27.7 Å². The highest BCUT2D eigenvalue weighted by Crippen LogP contribution is 2.50. The summed E-state index contributed by atoms with van der Waals surface area (Å²) in [4.78, 5) is 88.7. The smallest absolute Gasteiger partial charge is 0.408 e. The van der Waals surface area contributed by atoms with Crippen LogP contribution in [-0.4, -0.2) is 164 Å². The molecule has 0 rings (SSSR count). The van der Waals surface area contributed by atoms with E-state index >= 15 is 0 Å². The van der Waals surface area contributed by atoms with Gasteiger partial charge in [-0.05, 0) is 140 Å². The van der Waals surface area contributed by atoms with Crippen LogP contribution in [0.15, 0.2) is 0 Å². The van der Waals surface area contributed by atoms with Crippen LogP contribution in [0, 0.1) is 23.7 Å². The Kier molecular flexibility index (Phi) is 49.5. The summed E-state index contributed by atoms with van der Waals surface area (Å²) in [6.45, 7) is 32.8. The Morgan fingerprint density at radius 3 is 1.12 bits per heavy atom. The fraction of sp³-hybridized carbons (Fsp3) is 0.849. The maximum absolute atomic E-state index is 12.5. The van der Waals surface area contributed by atoms with Crippen molar-refractivity contribution in [2.24, 2.45) is 35.1 Å². The van der Waals surface area contributed by atoms with Gasteiger partial charge in [0.2, 0.25) is 0 Å². The van der Waals surface area contributed by atoms with Gasteiger partial charge in [0, 0.05) is 13.1 Å². The molecule has 0 bridgehead atoms. The van der Waals surface area contributed by atoms with Gasteiger partial charge in [0.25, 0.3) is 0 Å². The lowest BCUT2D eigenvalue weighted by Crippen LogP contribution is -2.36. The monoisotopic (exact) mass is 1210 g/mol. The largest absolute Gasteiger partial charge is 0.469 e. The highest BCUT2D eigenvalue weighted by atomic mass is 31.2. The van der Waals surface area contributed by atoms with Gasteiger partial charge in [0.15, 0.2) is 0 Å². The van der Waals surface area contributed by atoms with Gasteiger partial charge in [-0.15, -0.1) is 0 Å². The van der Waals surface area contributed by atoms with E-state index in [9.17, 15) is 47.5 Å². The first kappa shape index (κ1) is 85.4. The van der Waals surface area contributed by atoms with Crippen molar-refractivity contribution in [3.8, 4) is 0 Å². The van der Waals surface area contributed by atoms with Gasteiger partial charge in [-0.3, -0.25) is 28.3 Å². The Morgan fingerprint density at radius 2 is 0.827 bits per heavy atom. The lowest BCUT2D eigenvalue weighted by molar-refractivity contribution is -0.147. The number of ether oxygens (including phenoxy) is 7. The summed E-state index contributed by atoms with van der Waals surface area (Å²) in [5.74, 6) is -1.61. The Balaban J connectivity index is -0.000000312. The molecule has 81 heavy (non-hydrogen) atoms. The molecule has 28 heteroatoms. The number of esters is 4. The molecule has 0 heterocycles. The number of amides is 3. The fourth-order valence-corrected chi connectivity index (χ4v) is 9.41. The van der Waals surface area contributed by atoms with E-state index in [2.05, 4.69) is 25.4 Å². The van der Waals surface area contributed by atoms with E-state index in [0.29, 0.717) is 58.3 Å². The molecule has 0 saturated heterocycles. The van der Waals surface area contributed by atoms with Crippen LogP contribution in [0.1, 0.15) is 156 Å². The maximum Gasteiger partial charge on any atom is 0.408 e. The number of aldehydes is 1. The summed E-state index contributed by atoms with van der Waals surface area (Å²) in [5, 5.41) is 7.58. The molecular weight excluding hydrogens is 1100 g/mol. The summed E-state index contributed by atoms with van der Waals surface area (Å²) in [5.41, 5.74) is 9.36. The molecule has 7 N–H and O–H groups in total. The molecule has 0 aliphatic carbocycles. The number of nitrogens with one attached hydrogen (secondary N) is 3. The molecule has 0 fully saturated rings. The third kappa shape index (κ3) is 52.2. The summed E-state index contributed by atoms with van der Waals surface area (Å²) in [6, 6.07) is -1.27. The first-order chi connectivity index (χ1) is 37.3. The summed E-state index contributed by atoms with van der Waals surface area (Å²) in [7, 11) is -0.998. The molecule has 0 spiro atoms. The number of methoxy groups -OCH3 is 4. The second-order valence-corrected chi connectivity index (χ2v) is 25.5. The minimum absolute atomic E-state index is 0.00505. The van der Waals surface area contributed by atoms with E-state index in [4.69, 9.17) is 53.2 Å². The molecule has 0 aliphatic heterocycles. The Labute approximate surface area is 484 Å². The van der Waals surface area contributed by atoms with Gasteiger partial charge in [-0.25, -0.2) is 14.4 Å². The van der Waals surface area contributed by atoms with Gasteiger partial charge in [-0.2, -0.15) is 0 Å². The van der Waals surface area contributed by atoms with E-state index in [1.54, 1.807) is 69.2 Å². The van der Waals surface area contributed by atoms with Crippen molar-refractivity contribution in [3.05, 3.63) is 0 Å². The predicted molar refractivity (Wildman–Crippen MR) is 309 cm³/mol. The summed E-state index contributed by atoms with van der Waals surface area (Å²) < 4.78 is 78.7. The minimum Gasteiger partial charge on any atom is -0.469 e. The predicted octanol–water partition coefficient (Wildman–Crippen LogP) is 8.47. The lowest BCUT2D eigenvalue weighted by atomic mass is 9.91. The van der Waals surface area contributed by atoms with E-state index in [0.717, 1.165) is 6.42 Å². The Morgan fingerprint density at radius 1 is 0.481 bits per heavy atom. The van der Waals surface area contributed by atoms with E-state index in [-0.39, 0.29) is 74.2 Å². The zero-order valence-electron chi connectivity index (χ0n) is 52.8. The Hall–Kier alpha value is -4.42. The number of hydrogen-bond acceptors (Lipinski definition) is 23. The molecule has 0 radical (unpaired) electrons. The van der Waals surface area contributed by atoms with Crippen molar-refractivity contribution >= 4 is 63.6 Å². The second kappa shape index (κ2) is 47.0. The summed E-state index contributed by atoms with van der Waals surface area (Å²) in [6.07, 6.45) is 2.38. The average Bonchev–Trinajstić information content (AvgIpc) is 3.35. The third-order valence-electron chi connectivity index (χ3n) is 9.79. The number of carbonyl (C=O) groups is 8. The van der Waals surface area contributed by atoms with Gasteiger partial charge in [0.05, 0.1) is 85.6 Å². The zero-order chi connectivity index (χ0) is 64.2. The molecule has 4 atom stereocenters. The van der Waals surface area contributed by atoms with Crippen LogP contribution in [0.4, 0.5) is 14.4 Å². The van der Waals surface area contributed by atoms with Crippen molar-refractivity contribution in [1.29, 1.82) is 0 Å². The van der Waals surface area contributed by atoms with Crippen molar-refractivity contribution in [3.63, 3.8) is 0 Å². The van der Waals surface area contributed by atoms with Crippen LogP contribution in [0.25, 0.3) is 0 Å². The molecule has 0 aromatic heterocycles. The highest BCUT2D eigenvalue weighted by Gasteiger charge is 2.30. The van der Waals surface area contributed by atoms with Gasteiger partial charge >= 0.3 is 57.3 Å². The fourth-order valence-electron chi connectivity index (χ4n) is 5.95. The first-order valence-corrected chi connectivity index (χ1v) is 30.7. The average molecular weight is 1210 g/mol. The second-order valence-electron chi connectivity index (χ2n) is 21.1. The van der Waals surface area contributed by atoms with Gasteiger partial charge < -0.3 is 83.5 Å². The number of alkyl carbamates (subject to hydrolysis) is 3. The molecule has 26 nitrogen and oxygen atoms in total. The topological polar surface area (TPSA) is 360 Å². The number of rotatable bonds is 30. The van der Waals surface area contributed by atoms with Crippen LogP contribution in [0.2, 0.25) is 0 Å². The third-order valence-corrected chi connectivity index (χ3v) is 14.0. The van der Waals surface area contributed by atoms with Crippen LogP contribution in [0.3, 0.4) is 0 Å². The number of nitrogens with two attached hydrogens (primary N) is 2. The van der Waals surface area contributed by atoms with Crippen molar-refractivity contribution in [2.75, 3.05) is 86.8 Å². The standard InChI is InChI=1S/C17H34NO7P.C14H27NO4.C9H20NO5P.C7H13NO3.C6H13NO2/c1-7-23-26(21,24-8-2)13-11-14(15(19)22-6)10-9-12-18-16(20)25-17(3,4)5;1-10(2)11(12(16)18-6)8-7-9-15-13(17)19-14(3,4)5;1-4-14-16(12,15-5-2)7-6-8(10)9(11)13-3;1-7(2,3)11-6(10)8-4-5-9;1-4(2)5(7)6(8)9-3/h14H,7-13H2,1-6H3,(H,18,20);10-11H,7-9H2,1-6H3,(H,15,17);8H,4-7,10H2,1-3H3;5H,4H2,1-3H3,(H,8,10);4-5H,7H2,1-3H3/t14-;11-;8-;;5-/m101.0/s1. The molecule has 0 saturated carbocycles. The zero-order valence-corrected chi connectivity index (χ0v) is 54.6. The van der Waals surface area contributed by atoms with E-state index in [1.807, 2.05) is 48.5 Å². The highest BCUT2D eigenvalue weighted by molar-refractivity contribution is 7.54. The van der Waals surface area contributed by atoms with Crippen LogP contribution < -0.4 is 27.4 Å². The quantitative estimate of drug-likeness (QED) is 0.0148. The molecule has 0 aromatic carbocycles. The molecule has 0 aromatic rings. The minimum atomic E-state index is -3.20. The SMILES string of the molecule is CC(C)(C)OC(=O)NCC=O.CCOP(=O)(CC[C@@H](CCCNC(=O)OC(C)(C)C)C(=O)OC)OCC.CCOP(=O)(CC[C@@H](N)C(=O)OC)OCC.COC(=O)[C@@H](CCCNC(=O)OC(C)(C)C)C(C)C.COC(=O)[C@@H](N)C(C)C. The van der Waals surface area contributed by atoms with Crippen LogP contribution in [0.5, 0.6) is 0 Å². The van der Waals surface area contributed by atoms with Gasteiger partial charge in [0.1, 0.15) is 35.2 Å². The molecule has 0 aliphatic rings. The van der Waals surface area contributed by atoms with Crippen molar-refractivity contribution in [2.45, 2.75) is 185 Å². The normalized spacial score (nSPS) is 12.9. The van der Waals surface area contributed by atoms with Crippen LogP contribution >= 0.6 is 15.2 Å². The number of carbonyl (C=O) groups excluding carboxylic acids is 8. The van der Waals surface area contributed by atoms with E-state index < -0.39 is 74.2 Å². The molecular formula is C53H107N5O21P2. The summed E-state index contributed by atoms with van der Waals surface area (Å²) >= 11 is 0. The van der Waals surface area contributed by atoms with Crippen molar-refractivity contribution < 1.29 is 98.7 Å². The molecule has 3 amide bonds. The number of hydrogen-bond donors (Lipinski definition) is 5. The van der Waals surface area contributed by atoms with E-state index in [1.165, 1.54) is 28.4 Å². The molecule has 480 valence electrons. The Bertz CT molecular complexity index is 1840. The first-order valence-electron chi connectivity index (χ1n) is 27.2. The van der Waals surface area contributed by atoms with Crippen molar-refractivity contribution in [1.82, 2.24) is 16.0 Å². The lowest BCUT2D eigenvalue weighted by Gasteiger charge is -2.21.